The molecule has 0 saturated carbocycles. The van der Waals surface area contributed by atoms with Gasteiger partial charge < -0.3 is 10.5 Å². The Labute approximate surface area is 185 Å². The smallest absolute Gasteiger partial charge is 0.213 e. The van der Waals surface area contributed by atoms with Crippen molar-refractivity contribution in [3.63, 3.8) is 0 Å². The standard InChI is InChI=1S/C21H26N6OS2/c1-13-11-17(22)25-21(24-13)30-15(3)19-14(2)29-20(26-19)16-5-6-23-18(12-16)28-10-9-27-7-4-8-27/h5-6,11-12,15H,4,7-10H2,1-3H3,(H2,22,24,25)/t15-/m0/s1. The summed E-state index contributed by atoms with van der Waals surface area (Å²) in [6.45, 7) is 10.1. The molecule has 0 aromatic carbocycles. The Morgan fingerprint density at radius 2 is 2.07 bits per heavy atom. The van der Waals surface area contributed by atoms with E-state index < -0.39 is 0 Å². The number of nitrogens with zero attached hydrogens (tertiary/aromatic N) is 5. The summed E-state index contributed by atoms with van der Waals surface area (Å²) in [5, 5.41) is 1.76. The minimum atomic E-state index is 0.116. The van der Waals surface area contributed by atoms with Crippen LogP contribution in [0, 0.1) is 13.8 Å². The van der Waals surface area contributed by atoms with Crippen molar-refractivity contribution in [2.24, 2.45) is 0 Å². The normalized spacial score (nSPS) is 15.0. The zero-order valence-corrected chi connectivity index (χ0v) is 19.1. The fraction of sp³-hybridized carbons (Fsp3) is 0.429. The predicted octanol–water partition coefficient (Wildman–Crippen LogP) is 4.13. The molecule has 1 aliphatic rings. The summed E-state index contributed by atoms with van der Waals surface area (Å²) >= 11 is 3.25. The van der Waals surface area contributed by atoms with Crippen LogP contribution in [0.5, 0.6) is 5.88 Å². The molecule has 1 saturated heterocycles. The average molecular weight is 443 g/mol. The quantitative estimate of drug-likeness (QED) is 0.411. The first-order valence-corrected chi connectivity index (χ1v) is 11.7. The van der Waals surface area contributed by atoms with E-state index in [1.807, 2.05) is 19.1 Å². The average Bonchev–Trinajstić information content (AvgIpc) is 3.05. The van der Waals surface area contributed by atoms with Crippen molar-refractivity contribution < 1.29 is 4.74 Å². The summed E-state index contributed by atoms with van der Waals surface area (Å²) in [6.07, 6.45) is 3.08. The summed E-state index contributed by atoms with van der Waals surface area (Å²) in [6, 6.07) is 5.72. The van der Waals surface area contributed by atoms with Gasteiger partial charge >= 0.3 is 0 Å². The third kappa shape index (κ3) is 5.08. The van der Waals surface area contributed by atoms with Crippen LogP contribution < -0.4 is 10.5 Å². The van der Waals surface area contributed by atoms with E-state index in [2.05, 4.69) is 33.7 Å². The summed E-state index contributed by atoms with van der Waals surface area (Å²) in [7, 11) is 0. The zero-order chi connectivity index (χ0) is 21.1. The van der Waals surface area contributed by atoms with Gasteiger partial charge in [0.25, 0.3) is 0 Å². The highest BCUT2D eigenvalue weighted by atomic mass is 32.2. The summed E-state index contributed by atoms with van der Waals surface area (Å²) in [5.74, 6) is 1.14. The van der Waals surface area contributed by atoms with Crippen molar-refractivity contribution in [1.29, 1.82) is 0 Å². The van der Waals surface area contributed by atoms with Gasteiger partial charge in [0.2, 0.25) is 5.88 Å². The molecule has 30 heavy (non-hydrogen) atoms. The van der Waals surface area contributed by atoms with E-state index in [9.17, 15) is 0 Å². The van der Waals surface area contributed by atoms with Crippen LogP contribution in [0.2, 0.25) is 0 Å². The molecule has 4 heterocycles. The molecular weight excluding hydrogens is 416 g/mol. The third-order valence-corrected chi connectivity index (χ3v) is 6.95. The molecule has 4 rings (SSSR count). The van der Waals surface area contributed by atoms with Crippen LogP contribution in [0.15, 0.2) is 29.6 Å². The number of likely N-dealkylation sites (tertiary alicyclic amines) is 1. The molecule has 9 heteroatoms. The van der Waals surface area contributed by atoms with Crippen LogP contribution in [0.25, 0.3) is 10.6 Å². The van der Waals surface area contributed by atoms with E-state index in [0.717, 1.165) is 28.5 Å². The van der Waals surface area contributed by atoms with Crippen LogP contribution in [-0.4, -0.2) is 51.1 Å². The minimum absolute atomic E-state index is 0.116. The molecule has 0 spiro atoms. The second kappa shape index (κ2) is 9.28. The molecule has 0 bridgehead atoms. The predicted molar refractivity (Wildman–Crippen MR) is 122 cm³/mol. The molecule has 2 N–H and O–H groups in total. The third-order valence-electron chi connectivity index (χ3n) is 4.94. The van der Waals surface area contributed by atoms with Gasteiger partial charge in [-0.15, -0.1) is 11.3 Å². The lowest BCUT2D eigenvalue weighted by Gasteiger charge is -2.30. The number of aromatic nitrogens is 4. The molecule has 0 aliphatic carbocycles. The van der Waals surface area contributed by atoms with Crippen LogP contribution in [0.3, 0.4) is 0 Å². The van der Waals surface area contributed by atoms with Gasteiger partial charge in [0.1, 0.15) is 17.4 Å². The number of aryl methyl sites for hydroxylation is 2. The lowest BCUT2D eigenvalue weighted by Crippen LogP contribution is -2.39. The molecule has 0 amide bonds. The Kier molecular flexibility index (Phi) is 6.50. The van der Waals surface area contributed by atoms with Crippen LogP contribution in [0.4, 0.5) is 5.82 Å². The van der Waals surface area contributed by atoms with Gasteiger partial charge in [0, 0.05) is 41.0 Å². The molecule has 1 aliphatic heterocycles. The first-order valence-electron chi connectivity index (χ1n) is 10.0. The Balaban J connectivity index is 1.45. The second-order valence-corrected chi connectivity index (χ2v) is 9.87. The summed E-state index contributed by atoms with van der Waals surface area (Å²) in [5.41, 5.74) is 8.80. The van der Waals surface area contributed by atoms with Crippen LogP contribution in [0.1, 0.15) is 34.9 Å². The fourth-order valence-corrected chi connectivity index (χ4v) is 5.34. The number of ether oxygens (including phenoxy) is 1. The van der Waals surface area contributed by atoms with Crippen molar-refractivity contribution in [1.82, 2.24) is 24.8 Å². The second-order valence-electron chi connectivity index (χ2n) is 7.36. The van der Waals surface area contributed by atoms with Crippen molar-refractivity contribution in [2.45, 2.75) is 37.6 Å². The van der Waals surface area contributed by atoms with E-state index in [0.29, 0.717) is 23.5 Å². The molecule has 3 aromatic rings. The van der Waals surface area contributed by atoms with Crippen molar-refractivity contribution in [3.05, 3.63) is 40.7 Å². The highest BCUT2D eigenvalue weighted by Gasteiger charge is 2.19. The summed E-state index contributed by atoms with van der Waals surface area (Å²) in [4.78, 5) is 21.6. The van der Waals surface area contributed by atoms with Gasteiger partial charge in [-0.05, 0) is 46.3 Å². The fourth-order valence-electron chi connectivity index (χ4n) is 3.25. The Morgan fingerprint density at radius 1 is 1.23 bits per heavy atom. The number of nitrogen functional groups attached to an aromatic ring is 1. The molecule has 0 radical (unpaired) electrons. The lowest BCUT2D eigenvalue weighted by molar-refractivity contribution is 0.145. The van der Waals surface area contributed by atoms with Crippen LogP contribution >= 0.6 is 23.1 Å². The topological polar surface area (TPSA) is 90.0 Å². The number of anilines is 1. The molecule has 158 valence electrons. The van der Waals surface area contributed by atoms with Gasteiger partial charge in [-0.25, -0.2) is 19.9 Å². The number of hydrogen-bond acceptors (Lipinski definition) is 9. The van der Waals surface area contributed by atoms with E-state index in [1.54, 1.807) is 35.4 Å². The first-order chi connectivity index (χ1) is 14.5. The van der Waals surface area contributed by atoms with E-state index in [4.69, 9.17) is 15.5 Å². The molecule has 0 unspecified atom stereocenters. The van der Waals surface area contributed by atoms with Crippen molar-refractivity contribution in [2.75, 3.05) is 32.0 Å². The van der Waals surface area contributed by atoms with Gasteiger partial charge in [0.05, 0.1) is 10.9 Å². The molecule has 3 aromatic heterocycles. The van der Waals surface area contributed by atoms with Crippen molar-refractivity contribution in [3.8, 4) is 16.5 Å². The van der Waals surface area contributed by atoms with Gasteiger partial charge in [0.15, 0.2) is 5.16 Å². The minimum Gasteiger partial charge on any atom is -0.476 e. The highest BCUT2D eigenvalue weighted by molar-refractivity contribution is 7.99. The number of hydrogen-bond donors (Lipinski definition) is 1. The van der Waals surface area contributed by atoms with E-state index in [1.165, 1.54) is 24.4 Å². The first kappa shape index (κ1) is 21.0. The SMILES string of the molecule is Cc1cc(N)nc(S[C@@H](C)c2nc(-c3ccnc(OCCN4CCC4)c3)sc2C)n1. The number of nitrogens with two attached hydrogens (primary N) is 1. The molecule has 1 atom stereocenters. The monoisotopic (exact) mass is 442 g/mol. The number of pyridine rings is 1. The summed E-state index contributed by atoms with van der Waals surface area (Å²) < 4.78 is 5.85. The molecular formula is C21H26N6OS2. The van der Waals surface area contributed by atoms with Gasteiger partial charge in [-0.3, -0.25) is 4.90 Å². The lowest BCUT2D eigenvalue weighted by atomic mass is 10.2. The van der Waals surface area contributed by atoms with E-state index >= 15 is 0 Å². The number of thiazole rings is 1. The highest BCUT2D eigenvalue weighted by Crippen LogP contribution is 2.38. The number of thioether (sulfide) groups is 1. The number of rotatable bonds is 8. The Bertz CT molecular complexity index is 1000. The zero-order valence-electron chi connectivity index (χ0n) is 17.5. The Hall–Kier alpha value is -2.23. The van der Waals surface area contributed by atoms with Gasteiger partial charge in [-0.1, -0.05) is 11.8 Å². The Morgan fingerprint density at radius 3 is 2.80 bits per heavy atom. The molecule has 7 nitrogen and oxygen atoms in total. The van der Waals surface area contributed by atoms with Crippen molar-refractivity contribution >= 4 is 28.9 Å². The van der Waals surface area contributed by atoms with Gasteiger partial charge in [-0.2, -0.15) is 0 Å². The maximum Gasteiger partial charge on any atom is 0.213 e. The molecule has 1 fully saturated rings. The largest absolute Gasteiger partial charge is 0.476 e. The van der Waals surface area contributed by atoms with Crippen LogP contribution in [-0.2, 0) is 0 Å². The maximum atomic E-state index is 5.86. The van der Waals surface area contributed by atoms with E-state index in [-0.39, 0.29) is 5.25 Å². The maximum absolute atomic E-state index is 5.86.